The summed E-state index contributed by atoms with van der Waals surface area (Å²) in [4.78, 5) is 16.5. The molecule has 3 aromatic carbocycles. The molecule has 0 radical (unpaired) electrons. The molecule has 4 heteroatoms. The number of benzene rings is 3. The van der Waals surface area contributed by atoms with Gasteiger partial charge in [0.15, 0.2) is 5.70 Å². The van der Waals surface area contributed by atoms with Gasteiger partial charge in [0.05, 0.1) is 5.56 Å². The molecule has 0 saturated carbocycles. The van der Waals surface area contributed by atoms with E-state index in [4.69, 9.17) is 4.74 Å². The molecule has 3 aromatic rings. The number of halogens is 1. The van der Waals surface area contributed by atoms with Gasteiger partial charge in [-0.25, -0.2) is 9.79 Å². The second-order valence-electron chi connectivity index (χ2n) is 5.42. The quantitative estimate of drug-likeness (QED) is 0.468. The molecule has 0 bridgehead atoms. The first-order valence-electron chi connectivity index (χ1n) is 7.47. The lowest BCUT2D eigenvalue weighted by molar-refractivity contribution is -0.129. The minimum atomic E-state index is -0.436. The van der Waals surface area contributed by atoms with E-state index in [2.05, 4.69) is 27.0 Å². The fourth-order valence-electron chi connectivity index (χ4n) is 2.61. The normalized spacial score (nSPS) is 15.6. The van der Waals surface area contributed by atoms with Crippen molar-refractivity contribution in [3.8, 4) is 0 Å². The monoisotopic (exact) mass is 377 g/mol. The Morgan fingerprint density at radius 1 is 0.917 bits per heavy atom. The molecule has 0 spiro atoms. The summed E-state index contributed by atoms with van der Waals surface area (Å²) in [6, 6.07) is 21.6. The van der Waals surface area contributed by atoms with Crippen molar-refractivity contribution in [3.05, 3.63) is 88.0 Å². The van der Waals surface area contributed by atoms with Crippen LogP contribution in [0.2, 0.25) is 0 Å². The highest BCUT2D eigenvalue weighted by atomic mass is 79.9. The predicted molar refractivity (Wildman–Crippen MR) is 98.7 cm³/mol. The van der Waals surface area contributed by atoms with E-state index < -0.39 is 5.97 Å². The number of ether oxygens (including phenoxy) is 1. The fraction of sp³-hybridized carbons (Fsp3) is 0. The summed E-state index contributed by atoms with van der Waals surface area (Å²) in [6.07, 6.45) is 1.75. The summed E-state index contributed by atoms with van der Waals surface area (Å²) in [5, 5.41) is 2.28. The van der Waals surface area contributed by atoms with Crippen LogP contribution in [0, 0.1) is 0 Å². The minimum Gasteiger partial charge on any atom is -0.402 e. The lowest BCUT2D eigenvalue weighted by Crippen LogP contribution is -2.05. The largest absolute Gasteiger partial charge is 0.402 e. The number of nitrogens with zero attached hydrogens (tertiary/aromatic N) is 1. The molecule has 116 valence electrons. The SMILES string of the molecule is O=C1OC(c2ccccc2Br)=NC1=Cc1ccc2ccccc2c1. The number of aliphatic imine (C=N–C) groups is 1. The predicted octanol–water partition coefficient (Wildman–Crippen LogP) is 4.95. The Hall–Kier alpha value is -2.72. The van der Waals surface area contributed by atoms with Crippen LogP contribution in [0.25, 0.3) is 16.8 Å². The number of fused-ring (bicyclic) bond motifs is 1. The van der Waals surface area contributed by atoms with Crippen molar-refractivity contribution in [1.29, 1.82) is 0 Å². The molecule has 1 aliphatic heterocycles. The smallest absolute Gasteiger partial charge is 0.363 e. The molecule has 0 atom stereocenters. The van der Waals surface area contributed by atoms with Gasteiger partial charge in [-0.3, -0.25) is 0 Å². The third kappa shape index (κ3) is 2.76. The second kappa shape index (κ2) is 6.06. The molecule has 24 heavy (non-hydrogen) atoms. The Morgan fingerprint density at radius 3 is 2.50 bits per heavy atom. The highest BCUT2D eigenvalue weighted by Gasteiger charge is 2.25. The lowest BCUT2D eigenvalue weighted by Gasteiger charge is -2.01. The standard InChI is InChI=1S/C20H12BrNO2/c21-17-8-4-3-7-16(17)19-22-18(20(23)24-19)12-13-9-10-14-5-1-2-6-15(14)11-13/h1-12H. The Balaban J connectivity index is 1.73. The van der Waals surface area contributed by atoms with Crippen LogP contribution in [0.1, 0.15) is 11.1 Å². The van der Waals surface area contributed by atoms with E-state index in [9.17, 15) is 4.79 Å². The van der Waals surface area contributed by atoms with Gasteiger partial charge in [0.2, 0.25) is 5.90 Å². The number of esters is 1. The maximum absolute atomic E-state index is 12.1. The molecule has 1 aliphatic rings. The third-order valence-electron chi connectivity index (χ3n) is 3.80. The average molecular weight is 378 g/mol. The fourth-order valence-corrected chi connectivity index (χ4v) is 3.07. The first-order chi connectivity index (χ1) is 11.7. The van der Waals surface area contributed by atoms with Crippen molar-refractivity contribution in [3.63, 3.8) is 0 Å². The van der Waals surface area contributed by atoms with Gasteiger partial charge in [-0.15, -0.1) is 0 Å². The van der Waals surface area contributed by atoms with Crippen LogP contribution in [0.15, 0.2) is 81.9 Å². The van der Waals surface area contributed by atoms with Gasteiger partial charge in [0.1, 0.15) is 0 Å². The Labute approximate surface area is 147 Å². The summed E-state index contributed by atoms with van der Waals surface area (Å²) in [5.74, 6) is -0.117. The minimum absolute atomic E-state index is 0.302. The molecule has 0 amide bonds. The number of hydrogen-bond donors (Lipinski definition) is 0. The Bertz CT molecular complexity index is 1020. The van der Waals surface area contributed by atoms with Crippen molar-refractivity contribution in [2.45, 2.75) is 0 Å². The zero-order chi connectivity index (χ0) is 16.5. The third-order valence-corrected chi connectivity index (χ3v) is 4.49. The molecule has 0 unspecified atom stereocenters. The summed E-state index contributed by atoms with van der Waals surface area (Å²) < 4.78 is 6.15. The van der Waals surface area contributed by atoms with Crippen LogP contribution in [-0.4, -0.2) is 11.9 Å². The van der Waals surface area contributed by atoms with E-state index >= 15 is 0 Å². The van der Waals surface area contributed by atoms with Gasteiger partial charge in [-0.2, -0.15) is 0 Å². The van der Waals surface area contributed by atoms with Crippen LogP contribution in [0.4, 0.5) is 0 Å². The highest BCUT2D eigenvalue weighted by Crippen LogP contribution is 2.24. The molecule has 0 aliphatic carbocycles. The van der Waals surface area contributed by atoms with Crippen LogP contribution >= 0.6 is 15.9 Å². The molecule has 0 N–H and O–H groups in total. The average Bonchev–Trinajstić information content (AvgIpc) is 2.96. The van der Waals surface area contributed by atoms with E-state index in [0.29, 0.717) is 11.6 Å². The number of hydrogen-bond acceptors (Lipinski definition) is 3. The second-order valence-corrected chi connectivity index (χ2v) is 6.28. The Morgan fingerprint density at radius 2 is 1.67 bits per heavy atom. The van der Waals surface area contributed by atoms with Crippen LogP contribution < -0.4 is 0 Å². The van der Waals surface area contributed by atoms with Gasteiger partial charge < -0.3 is 4.74 Å². The van der Waals surface area contributed by atoms with Gasteiger partial charge >= 0.3 is 5.97 Å². The van der Waals surface area contributed by atoms with Gasteiger partial charge in [0.25, 0.3) is 0 Å². The molecule has 0 aromatic heterocycles. The zero-order valence-corrected chi connectivity index (χ0v) is 14.2. The maximum Gasteiger partial charge on any atom is 0.363 e. The first-order valence-corrected chi connectivity index (χ1v) is 8.26. The van der Waals surface area contributed by atoms with Crippen molar-refractivity contribution in [2.75, 3.05) is 0 Å². The molecule has 4 rings (SSSR count). The van der Waals surface area contributed by atoms with E-state index in [0.717, 1.165) is 26.4 Å². The van der Waals surface area contributed by atoms with Gasteiger partial charge in [-0.1, -0.05) is 48.5 Å². The number of carbonyl (C=O) groups excluding carboxylic acids is 1. The van der Waals surface area contributed by atoms with Crippen molar-refractivity contribution in [2.24, 2.45) is 4.99 Å². The Kier molecular flexibility index (Phi) is 3.75. The van der Waals surface area contributed by atoms with Crippen LogP contribution in [-0.2, 0) is 9.53 Å². The molecular formula is C20H12BrNO2. The topological polar surface area (TPSA) is 38.7 Å². The number of carbonyl (C=O) groups is 1. The van der Waals surface area contributed by atoms with E-state index in [-0.39, 0.29) is 0 Å². The number of cyclic esters (lactones) is 1. The molecule has 0 saturated heterocycles. The van der Waals surface area contributed by atoms with Crippen molar-refractivity contribution >= 4 is 44.6 Å². The summed E-state index contributed by atoms with van der Waals surface area (Å²) in [6.45, 7) is 0. The molecule has 0 fully saturated rings. The van der Waals surface area contributed by atoms with Crippen molar-refractivity contribution < 1.29 is 9.53 Å². The summed E-state index contributed by atoms with van der Waals surface area (Å²) in [7, 11) is 0. The number of rotatable bonds is 2. The molecule has 3 nitrogen and oxygen atoms in total. The molecule has 1 heterocycles. The summed E-state index contributed by atoms with van der Waals surface area (Å²) >= 11 is 3.45. The van der Waals surface area contributed by atoms with Gasteiger partial charge in [-0.05, 0) is 56.5 Å². The lowest BCUT2D eigenvalue weighted by atomic mass is 10.1. The maximum atomic E-state index is 12.1. The van der Waals surface area contributed by atoms with E-state index in [1.54, 1.807) is 6.08 Å². The van der Waals surface area contributed by atoms with Gasteiger partial charge in [0, 0.05) is 4.47 Å². The van der Waals surface area contributed by atoms with Crippen LogP contribution in [0.3, 0.4) is 0 Å². The van der Waals surface area contributed by atoms with Crippen LogP contribution in [0.5, 0.6) is 0 Å². The first kappa shape index (κ1) is 14.8. The van der Waals surface area contributed by atoms with E-state index in [1.165, 1.54) is 0 Å². The molecular weight excluding hydrogens is 366 g/mol. The van der Waals surface area contributed by atoms with E-state index in [1.807, 2.05) is 60.7 Å². The summed E-state index contributed by atoms with van der Waals surface area (Å²) in [5.41, 5.74) is 1.97. The highest BCUT2D eigenvalue weighted by molar-refractivity contribution is 9.10. The van der Waals surface area contributed by atoms with Crippen molar-refractivity contribution in [1.82, 2.24) is 0 Å². The zero-order valence-electron chi connectivity index (χ0n) is 12.6.